The molecule has 0 aliphatic carbocycles. The van der Waals surface area contributed by atoms with Crippen LogP contribution in [0.2, 0.25) is 0 Å². The molecule has 1 saturated heterocycles. The van der Waals surface area contributed by atoms with Crippen molar-refractivity contribution in [2.45, 2.75) is 45.3 Å². The standard InChI is InChI=1S/C25H27N7O3/c1-5-18-9-17(6-7-34-18)32-22-19-8-15(20-13-31(4)29-14(20)2)10-26-24(19)35-23(22)21(28-25(32)33)16-11-27-30(3)12-16/h8,10-13,17-18H,5-7,9H2,1-4H3/t17-,18-/m0/s1. The molecule has 10 nitrogen and oxygen atoms in total. The lowest BCUT2D eigenvalue weighted by Gasteiger charge is -2.30. The van der Waals surface area contributed by atoms with Gasteiger partial charge in [0.1, 0.15) is 11.2 Å². The maximum Gasteiger partial charge on any atom is 0.349 e. The van der Waals surface area contributed by atoms with Crippen molar-refractivity contribution in [1.82, 2.24) is 34.1 Å². The molecule has 5 aromatic rings. The predicted octanol–water partition coefficient (Wildman–Crippen LogP) is 3.78. The summed E-state index contributed by atoms with van der Waals surface area (Å²) in [7, 11) is 3.73. The van der Waals surface area contributed by atoms with E-state index in [0.717, 1.165) is 52.5 Å². The number of aryl methyl sites for hydroxylation is 3. The number of ether oxygens (including phenoxy) is 1. The van der Waals surface area contributed by atoms with Gasteiger partial charge in [0, 0.05) is 62.0 Å². The first kappa shape index (κ1) is 21.7. The van der Waals surface area contributed by atoms with Crippen LogP contribution in [0.4, 0.5) is 0 Å². The molecule has 0 saturated carbocycles. The minimum Gasteiger partial charge on any atom is -0.434 e. The summed E-state index contributed by atoms with van der Waals surface area (Å²) in [5.41, 5.74) is 5.45. The third-order valence-electron chi connectivity index (χ3n) is 6.85. The lowest BCUT2D eigenvalue weighted by Crippen LogP contribution is -2.34. The predicted molar refractivity (Wildman–Crippen MR) is 131 cm³/mol. The molecule has 180 valence electrons. The average Bonchev–Trinajstić information content (AvgIpc) is 3.54. The molecule has 10 heteroatoms. The van der Waals surface area contributed by atoms with E-state index in [0.29, 0.717) is 23.6 Å². The fourth-order valence-corrected chi connectivity index (χ4v) is 5.15. The van der Waals surface area contributed by atoms with Crippen molar-refractivity contribution in [2.24, 2.45) is 14.1 Å². The third-order valence-corrected chi connectivity index (χ3v) is 6.85. The Morgan fingerprint density at radius 1 is 1.14 bits per heavy atom. The van der Waals surface area contributed by atoms with E-state index < -0.39 is 0 Å². The summed E-state index contributed by atoms with van der Waals surface area (Å²) < 4.78 is 17.5. The zero-order valence-electron chi connectivity index (χ0n) is 20.2. The van der Waals surface area contributed by atoms with Crippen molar-refractivity contribution in [2.75, 3.05) is 6.61 Å². The van der Waals surface area contributed by atoms with E-state index in [1.165, 1.54) is 0 Å². The van der Waals surface area contributed by atoms with Crippen molar-refractivity contribution in [3.05, 3.63) is 47.0 Å². The number of hydrogen-bond acceptors (Lipinski definition) is 7. The van der Waals surface area contributed by atoms with Crippen molar-refractivity contribution in [3.63, 3.8) is 0 Å². The average molecular weight is 474 g/mol. The molecule has 0 amide bonds. The second kappa shape index (κ2) is 8.16. The molecule has 2 atom stereocenters. The van der Waals surface area contributed by atoms with Gasteiger partial charge in [0.05, 0.1) is 23.4 Å². The smallest absolute Gasteiger partial charge is 0.349 e. The normalized spacial score (nSPS) is 18.6. The van der Waals surface area contributed by atoms with Gasteiger partial charge in [-0.3, -0.25) is 13.9 Å². The van der Waals surface area contributed by atoms with Gasteiger partial charge in [0.25, 0.3) is 0 Å². The highest BCUT2D eigenvalue weighted by molar-refractivity contribution is 6.06. The molecule has 0 aromatic carbocycles. The molecule has 6 heterocycles. The summed E-state index contributed by atoms with van der Waals surface area (Å²) in [6.45, 7) is 4.69. The summed E-state index contributed by atoms with van der Waals surface area (Å²) in [4.78, 5) is 22.7. The Kier molecular flexibility index (Phi) is 5.06. The summed E-state index contributed by atoms with van der Waals surface area (Å²) in [6, 6.07) is 2.00. The van der Waals surface area contributed by atoms with Gasteiger partial charge < -0.3 is 9.15 Å². The molecule has 1 aliphatic rings. The number of fused-ring (bicyclic) bond motifs is 3. The van der Waals surface area contributed by atoms with Gasteiger partial charge in [-0.15, -0.1) is 0 Å². The lowest BCUT2D eigenvalue weighted by atomic mass is 10.0. The number of furan rings is 1. The fourth-order valence-electron chi connectivity index (χ4n) is 5.15. The van der Waals surface area contributed by atoms with E-state index in [1.807, 2.05) is 39.5 Å². The SMILES string of the molecule is CC[C@H]1C[C@@H](n2c(=O)nc(-c3cnn(C)c3)c3oc4ncc(-c5cn(C)nc5C)cc4c32)CCO1. The Labute approximate surface area is 201 Å². The molecule has 35 heavy (non-hydrogen) atoms. The Hall–Kier alpha value is -3.79. The van der Waals surface area contributed by atoms with E-state index in [2.05, 4.69) is 27.1 Å². The molecular formula is C25H27N7O3. The summed E-state index contributed by atoms with van der Waals surface area (Å²) in [6.07, 6.45) is 9.78. The summed E-state index contributed by atoms with van der Waals surface area (Å²) >= 11 is 0. The fraction of sp³-hybridized carbons (Fsp3) is 0.400. The number of pyridine rings is 1. The van der Waals surface area contributed by atoms with Crippen LogP contribution in [0.25, 0.3) is 44.6 Å². The second-order valence-electron chi connectivity index (χ2n) is 9.25. The van der Waals surface area contributed by atoms with Crippen LogP contribution in [0, 0.1) is 6.92 Å². The maximum atomic E-state index is 13.6. The zero-order chi connectivity index (χ0) is 24.3. The molecule has 0 bridgehead atoms. The van der Waals surface area contributed by atoms with E-state index in [4.69, 9.17) is 9.15 Å². The topological polar surface area (TPSA) is 106 Å². The first-order chi connectivity index (χ1) is 16.9. The quantitative estimate of drug-likeness (QED) is 0.391. The summed E-state index contributed by atoms with van der Waals surface area (Å²) in [5, 5.41) is 9.52. The lowest BCUT2D eigenvalue weighted by molar-refractivity contribution is -0.00709. The molecule has 0 radical (unpaired) electrons. The van der Waals surface area contributed by atoms with Gasteiger partial charge in [-0.2, -0.15) is 15.2 Å². The monoisotopic (exact) mass is 473 g/mol. The van der Waals surface area contributed by atoms with E-state index in [1.54, 1.807) is 26.3 Å². The molecule has 1 aliphatic heterocycles. The van der Waals surface area contributed by atoms with Crippen LogP contribution in [-0.4, -0.2) is 46.8 Å². The van der Waals surface area contributed by atoms with Crippen LogP contribution < -0.4 is 5.69 Å². The van der Waals surface area contributed by atoms with Gasteiger partial charge in [-0.25, -0.2) is 9.78 Å². The number of hydrogen-bond donors (Lipinski definition) is 0. The van der Waals surface area contributed by atoms with Gasteiger partial charge in [-0.1, -0.05) is 6.92 Å². The van der Waals surface area contributed by atoms with Crippen LogP contribution in [0.1, 0.15) is 37.9 Å². The van der Waals surface area contributed by atoms with Crippen molar-refractivity contribution in [3.8, 4) is 22.4 Å². The molecule has 5 aromatic heterocycles. The van der Waals surface area contributed by atoms with Crippen LogP contribution >= 0.6 is 0 Å². The minimum absolute atomic E-state index is 0.0382. The van der Waals surface area contributed by atoms with E-state index >= 15 is 0 Å². The Morgan fingerprint density at radius 2 is 2.00 bits per heavy atom. The molecule has 1 fully saturated rings. The van der Waals surface area contributed by atoms with Crippen molar-refractivity contribution in [1.29, 1.82) is 0 Å². The van der Waals surface area contributed by atoms with E-state index in [9.17, 15) is 4.79 Å². The summed E-state index contributed by atoms with van der Waals surface area (Å²) in [5.74, 6) is 0. The van der Waals surface area contributed by atoms with Gasteiger partial charge in [-0.05, 0) is 32.3 Å². The highest BCUT2D eigenvalue weighted by Crippen LogP contribution is 2.38. The van der Waals surface area contributed by atoms with Crippen molar-refractivity contribution >= 4 is 22.2 Å². The van der Waals surface area contributed by atoms with E-state index in [-0.39, 0.29) is 17.8 Å². The Bertz CT molecular complexity index is 1620. The number of rotatable bonds is 4. The minimum atomic E-state index is -0.302. The zero-order valence-corrected chi connectivity index (χ0v) is 20.2. The maximum absolute atomic E-state index is 13.6. The number of aromatic nitrogens is 7. The first-order valence-electron chi connectivity index (χ1n) is 11.9. The first-order valence-corrected chi connectivity index (χ1v) is 11.9. The second-order valence-corrected chi connectivity index (χ2v) is 9.25. The van der Waals surface area contributed by atoms with Gasteiger partial charge in [0.15, 0.2) is 5.58 Å². The van der Waals surface area contributed by atoms with Gasteiger partial charge >= 0.3 is 5.69 Å². The molecule has 0 spiro atoms. The Balaban J connectivity index is 1.66. The third kappa shape index (κ3) is 3.56. The highest BCUT2D eigenvalue weighted by Gasteiger charge is 2.29. The van der Waals surface area contributed by atoms with Crippen LogP contribution in [0.5, 0.6) is 0 Å². The molecule has 0 N–H and O–H groups in total. The van der Waals surface area contributed by atoms with Crippen LogP contribution in [-0.2, 0) is 18.8 Å². The van der Waals surface area contributed by atoms with Gasteiger partial charge in [0.2, 0.25) is 5.71 Å². The molecule has 6 rings (SSSR count). The molecular weight excluding hydrogens is 446 g/mol. The molecule has 0 unspecified atom stereocenters. The van der Waals surface area contributed by atoms with Crippen molar-refractivity contribution < 1.29 is 9.15 Å². The van der Waals surface area contributed by atoms with Crippen LogP contribution in [0.15, 0.2) is 40.1 Å². The largest absolute Gasteiger partial charge is 0.434 e. The Morgan fingerprint density at radius 3 is 2.71 bits per heavy atom. The van der Waals surface area contributed by atoms with Crippen LogP contribution in [0.3, 0.4) is 0 Å². The number of nitrogens with zero attached hydrogens (tertiary/aromatic N) is 7. The highest BCUT2D eigenvalue weighted by atomic mass is 16.5.